The molecule has 0 N–H and O–H groups in total. The molecule has 0 unspecified atom stereocenters. The van der Waals surface area contributed by atoms with Crippen LogP contribution in [-0.2, 0) is 4.74 Å². The van der Waals surface area contributed by atoms with E-state index >= 15 is 0 Å². The summed E-state index contributed by atoms with van der Waals surface area (Å²) in [6.45, 7) is 0. The summed E-state index contributed by atoms with van der Waals surface area (Å²) in [4.78, 5) is 11.5. The Bertz CT molecular complexity index is 376. The van der Waals surface area contributed by atoms with Gasteiger partial charge in [0.25, 0.3) is 5.92 Å². The molecule has 0 radical (unpaired) electrons. The van der Waals surface area contributed by atoms with E-state index in [1.165, 1.54) is 0 Å². The summed E-state index contributed by atoms with van der Waals surface area (Å²) in [5.41, 5.74) is 0.401. The fraction of sp³-hybridized carbons (Fsp3) is 0.417. The van der Waals surface area contributed by atoms with Gasteiger partial charge in [-0.05, 0) is 18.6 Å². The Kier molecular flexibility index (Phi) is 2.90. The summed E-state index contributed by atoms with van der Waals surface area (Å²) in [6, 6.07) is 8.41. The van der Waals surface area contributed by atoms with Gasteiger partial charge in [0.2, 0.25) is 0 Å². The molecule has 2 rings (SSSR count). The third-order valence-electron chi connectivity index (χ3n) is 2.64. The molecular formula is C12H12F2O2. The van der Waals surface area contributed by atoms with Crippen molar-refractivity contribution in [1.82, 2.24) is 0 Å². The average Bonchev–Trinajstić information content (AvgIpc) is 2.59. The van der Waals surface area contributed by atoms with E-state index in [-0.39, 0.29) is 19.3 Å². The highest BCUT2D eigenvalue weighted by Gasteiger charge is 2.41. The molecule has 1 atom stereocenters. The molecule has 1 fully saturated rings. The molecule has 0 saturated heterocycles. The van der Waals surface area contributed by atoms with Crippen LogP contribution in [0.5, 0.6) is 0 Å². The molecular weight excluding hydrogens is 214 g/mol. The minimum atomic E-state index is -2.68. The Morgan fingerprint density at radius 3 is 2.56 bits per heavy atom. The third kappa shape index (κ3) is 2.56. The van der Waals surface area contributed by atoms with Crippen molar-refractivity contribution in [3.8, 4) is 0 Å². The van der Waals surface area contributed by atoms with Gasteiger partial charge < -0.3 is 4.74 Å². The Morgan fingerprint density at radius 1 is 1.31 bits per heavy atom. The second kappa shape index (κ2) is 4.20. The van der Waals surface area contributed by atoms with Crippen molar-refractivity contribution < 1.29 is 18.3 Å². The van der Waals surface area contributed by atoms with E-state index in [2.05, 4.69) is 0 Å². The second-order valence-electron chi connectivity index (χ2n) is 3.99. The molecule has 0 bridgehead atoms. The van der Waals surface area contributed by atoms with Gasteiger partial charge in [0.15, 0.2) is 0 Å². The number of ether oxygens (including phenoxy) is 1. The van der Waals surface area contributed by atoms with Crippen molar-refractivity contribution in [2.45, 2.75) is 31.3 Å². The highest BCUT2D eigenvalue weighted by Crippen LogP contribution is 2.36. The standard InChI is InChI=1S/C12H12F2O2/c13-12(14)7-6-10(8-12)16-11(15)9-4-2-1-3-5-9/h1-5,10H,6-8H2/t10-/m0/s1. The van der Waals surface area contributed by atoms with Crippen molar-refractivity contribution in [3.05, 3.63) is 35.9 Å². The van der Waals surface area contributed by atoms with Gasteiger partial charge in [-0.2, -0.15) is 0 Å². The first-order valence-electron chi connectivity index (χ1n) is 5.21. The number of alkyl halides is 2. The van der Waals surface area contributed by atoms with Crippen LogP contribution in [0.3, 0.4) is 0 Å². The minimum Gasteiger partial charge on any atom is -0.459 e. The second-order valence-corrected chi connectivity index (χ2v) is 3.99. The fourth-order valence-electron chi connectivity index (χ4n) is 1.80. The van der Waals surface area contributed by atoms with Gasteiger partial charge in [0, 0.05) is 12.8 Å². The van der Waals surface area contributed by atoms with Crippen LogP contribution in [0.25, 0.3) is 0 Å². The van der Waals surface area contributed by atoms with Gasteiger partial charge in [-0.25, -0.2) is 13.6 Å². The summed E-state index contributed by atoms with van der Waals surface area (Å²) >= 11 is 0. The normalized spacial score (nSPS) is 23.0. The van der Waals surface area contributed by atoms with Crippen LogP contribution in [-0.4, -0.2) is 18.0 Å². The Balaban J connectivity index is 1.94. The first-order chi connectivity index (χ1) is 7.57. The quantitative estimate of drug-likeness (QED) is 0.724. The van der Waals surface area contributed by atoms with Crippen molar-refractivity contribution >= 4 is 5.97 Å². The molecule has 1 aromatic carbocycles. The van der Waals surface area contributed by atoms with Gasteiger partial charge in [0.05, 0.1) is 5.56 Å². The first kappa shape index (κ1) is 11.0. The largest absolute Gasteiger partial charge is 0.459 e. The smallest absolute Gasteiger partial charge is 0.338 e. The van der Waals surface area contributed by atoms with Crippen LogP contribution in [0.4, 0.5) is 8.78 Å². The Morgan fingerprint density at radius 2 is 2.00 bits per heavy atom. The zero-order valence-corrected chi connectivity index (χ0v) is 8.66. The van der Waals surface area contributed by atoms with Gasteiger partial charge in [0.1, 0.15) is 6.10 Å². The molecule has 0 amide bonds. The van der Waals surface area contributed by atoms with Gasteiger partial charge in [-0.3, -0.25) is 0 Å². The highest BCUT2D eigenvalue weighted by molar-refractivity contribution is 5.89. The maximum atomic E-state index is 12.9. The van der Waals surface area contributed by atoms with Crippen LogP contribution < -0.4 is 0 Å². The molecule has 4 heteroatoms. The van der Waals surface area contributed by atoms with E-state index in [0.717, 1.165) is 0 Å². The van der Waals surface area contributed by atoms with E-state index in [0.29, 0.717) is 5.56 Å². The number of benzene rings is 1. The summed E-state index contributed by atoms with van der Waals surface area (Å²) in [5.74, 6) is -3.20. The molecule has 1 saturated carbocycles. The lowest BCUT2D eigenvalue weighted by Gasteiger charge is -2.12. The van der Waals surface area contributed by atoms with Crippen molar-refractivity contribution in [3.63, 3.8) is 0 Å². The zero-order chi connectivity index (χ0) is 11.6. The monoisotopic (exact) mass is 226 g/mol. The number of hydrogen-bond donors (Lipinski definition) is 0. The van der Waals surface area contributed by atoms with Gasteiger partial charge in [-0.1, -0.05) is 18.2 Å². The SMILES string of the molecule is O=C(O[C@H]1CCC(F)(F)C1)c1ccccc1. The number of esters is 1. The number of carbonyl (C=O) groups is 1. The molecule has 0 heterocycles. The summed E-state index contributed by atoms with van der Waals surface area (Å²) < 4.78 is 30.7. The average molecular weight is 226 g/mol. The van der Waals surface area contributed by atoms with Crippen molar-refractivity contribution in [2.24, 2.45) is 0 Å². The Labute approximate surface area is 92.2 Å². The lowest BCUT2D eigenvalue weighted by atomic mass is 10.2. The van der Waals surface area contributed by atoms with Crippen LogP contribution in [0.1, 0.15) is 29.6 Å². The topological polar surface area (TPSA) is 26.3 Å². The van der Waals surface area contributed by atoms with E-state index in [4.69, 9.17) is 4.74 Å². The molecule has 2 nitrogen and oxygen atoms in total. The lowest BCUT2D eigenvalue weighted by Crippen LogP contribution is -2.18. The van der Waals surface area contributed by atoms with E-state index in [1.807, 2.05) is 0 Å². The predicted molar refractivity (Wildman–Crippen MR) is 54.4 cm³/mol. The Hall–Kier alpha value is -1.45. The van der Waals surface area contributed by atoms with Crippen LogP contribution in [0.15, 0.2) is 30.3 Å². The van der Waals surface area contributed by atoms with Crippen molar-refractivity contribution in [2.75, 3.05) is 0 Å². The minimum absolute atomic E-state index is 0.195. The molecule has 86 valence electrons. The molecule has 1 aliphatic carbocycles. The molecule has 1 aromatic rings. The van der Waals surface area contributed by atoms with E-state index in [1.54, 1.807) is 30.3 Å². The molecule has 0 aromatic heterocycles. The zero-order valence-electron chi connectivity index (χ0n) is 8.66. The first-order valence-corrected chi connectivity index (χ1v) is 5.21. The third-order valence-corrected chi connectivity index (χ3v) is 2.64. The summed E-state index contributed by atoms with van der Waals surface area (Å²) in [6.07, 6.45) is -0.959. The van der Waals surface area contributed by atoms with E-state index in [9.17, 15) is 13.6 Å². The molecule has 0 spiro atoms. The summed E-state index contributed by atoms with van der Waals surface area (Å²) in [5, 5.41) is 0. The van der Waals surface area contributed by atoms with Gasteiger partial charge >= 0.3 is 5.97 Å². The van der Waals surface area contributed by atoms with Crippen LogP contribution >= 0.6 is 0 Å². The lowest BCUT2D eigenvalue weighted by molar-refractivity contribution is -0.0120. The molecule has 1 aliphatic rings. The highest BCUT2D eigenvalue weighted by atomic mass is 19.3. The fourth-order valence-corrected chi connectivity index (χ4v) is 1.80. The molecule has 0 aliphatic heterocycles. The van der Waals surface area contributed by atoms with Crippen molar-refractivity contribution in [1.29, 1.82) is 0 Å². The number of carbonyl (C=O) groups excluding carboxylic acids is 1. The maximum Gasteiger partial charge on any atom is 0.338 e. The number of rotatable bonds is 2. The number of halogens is 2. The van der Waals surface area contributed by atoms with Gasteiger partial charge in [-0.15, -0.1) is 0 Å². The van der Waals surface area contributed by atoms with E-state index < -0.39 is 18.0 Å². The summed E-state index contributed by atoms with van der Waals surface area (Å²) in [7, 11) is 0. The van der Waals surface area contributed by atoms with Crippen LogP contribution in [0, 0.1) is 0 Å². The van der Waals surface area contributed by atoms with Crippen LogP contribution in [0.2, 0.25) is 0 Å². The maximum absolute atomic E-state index is 12.9. The number of hydrogen-bond acceptors (Lipinski definition) is 2. The molecule has 16 heavy (non-hydrogen) atoms. The predicted octanol–water partition coefficient (Wildman–Crippen LogP) is 3.03.